The van der Waals surface area contributed by atoms with Crippen LogP contribution in [0.15, 0.2) is 61.2 Å². The fourth-order valence-electron chi connectivity index (χ4n) is 4.22. The van der Waals surface area contributed by atoms with Crippen molar-refractivity contribution in [3.05, 3.63) is 83.4 Å². The van der Waals surface area contributed by atoms with E-state index in [4.69, 9.17) is 14.7 Å². The van der Waals surface area contributed by atoms with E-state index < -0.39 is 12.2 Å². The van der Waals surface area contributed by atoms with Gasteiger partial charge in [-0.2, -0.15) is 0 Å². The van der Waals surface area contributed by atoms with Gasteiger partial charge in [-0.25, -0.2) is 5.48 Å². The predicted octanol–water partition coefficient (Wildman–Crippen LogP) is 3.13. The van der Waals surface area contributed by atoms with Crippen LogP contribution in [0.2, 0.25) is 0 Å². The molecule has 200 valence electrons. The molecule has 3 atom stereocenters. The summed E-state index contributed by atoms with van der Waals surface area (Å²) < 4.78 is 12.7. The fraction of sp³-hybridized carbons (Fsp3) is 0.429. The number of hydrogen-bond acceptors (Lipinski definition) is 7. The van der Waals surface area contributed by atoms with Crippen LogP contribution in [0.3, 0.4) is 0 Å². The third-order valence-corrected chi connectivity index (χ3v) is 6.24. The third kappa shape index (κ3) is 9.07. The molecule has 0 aromatic heterocycles. The molecule has 0 aliphatic carbocycles. The van der Waals surface area contributed by atoms with E-state index in [1.54, 1.807) is 5.48 Å². The van der Waals surface area contributed by atoms with Crippen molar-refractivity contribution in [2.45, 2.75) is 57.3 Å². The van der Waals surface area contributed by atoms with Crippen LogP contribution in [0.25, 0.3) is 0 Å². The molecular formula is C28H37N3O6. The van der Waals surface area contributed by atoms with Crippen molar-refractivity contribution in [2.75, 3.05) is 20.1 Å². The number of nitrogens with one attached hydrogen (secondary N) is 2. The van der Waals surface area contributed by atoms with Gasteiger partial charge in [0.15, 0.2) is 6.29 Å². The Morgan fingerprint density at radius 3 is 2.32 bits per heavy atom. The molecule has 1 saturated heterocycles. The zero-order chi connectivity index (χ0) is 26.6. The normalized spacial score (nSPS) is 19.4. The van der Waals surface area contributed by atoms with E-state index in [9.17, 15) is 14.7 Å². The summed E-state index contributed by atoms with van der Waals surface area (Å²) in [6, 6.07) is 15.5. The molecule has 3 rings (SSSR count). The molecule has 1 aliphatic heterocycles. The molecule has 9 nitrogen and oxygen atoms in total. The second-order valence-electron chi connectivity index (χ2n) is 9.27. The number of benzene rings is 2. The number of nitrogens with zero attached hydrogens (tertiary/aromatic N) is 1. The van der Waals surface area contributed by atoms with Crippen molar-refractivity contribution >= 4 is 11.8 Å². The minimum atomic E-state index is -0.542. The summed E-state index contributed by atoms with van der Waals surface area (Å²) in [5.74, 6) is -0.662. The summed E-state index contributed by atoms with van der Waals surface area (Å²) in [6.45, 7) is 5.68. The Morgan fingerprint density at radius 2 is 1.68 bits per heavy atom. The number of aliphatic hydroxyl groups is 1. The summed E-state index contributed by atoms with van der Waals surface area (Å²) in [6.07, 6.45) is 2.50. The number of carbonyl (C=O) groups is 2. The van der Waals surface area contributed by atoms with Gasteiger partial charge in [0.2, 0.25) is 11.8 Å². The lowest BCUT2D eigenvalue weighted by atomic mass is 9.99. The topological polar surface area (TPSA) is 120 Å². The number of likely N-dealkylation sites (N-methyl/N-ethyl adjacent to an activating group) is 1. The molecule has 37 heavy (non-hydrogen) atoms. The van der Waals surface area contributed by atoms with Crippen LogP contribution >= 0.6 is 0 Å². The van der Waals surface area contributed by atoms with E-state index in [1.165, 1.54) is 0 Å². The molecule has 0 saturated carbocycles. The number of ether oxygens (including phenoxy) is 2. The van der Waals surface area contributed by atoms with Gasteiger partial charge in [0, 0.05) is 44.5 Å². The SMILES string of the molecule is C=CCN(C)CC1CC(c2ccc(CO)cc2)OC(c2ccc(CNC(=O)CCCC(=O)NO)cc2)O1. The van der Waals surface area contributed by atoms with Crippen molar-refractivity contribution in [1.82, 2.24) is 15.7 Å². The van der Waals surface area contributed by atoms with Crippen molar-refractivity contribution in [2.24, 2.45) is 0 Å². The highest BCUT2D eigenvalue weighted by atomic mass is 16.7. The highest BCUT2D eigenvalue weighted by Gasteiger charge is 2.32. The number of aliphatic hydroxyl groups excluding tert-OH is 1. The van der Waals surface area contributed by atoms with Crippen LogP contribution in [0, 0.1) is 0 Å². The molecule has 2 aromatic carbocycles. The molecule has 1 heterocycles. The zero-order valence-electron chi connectivity index (χ0n) is 21.3. The summed E-state index contributed by atoms with van der Waals surface area (Å²) in [7, 11) is 2.03. The Morgan fingerprint density at radius 1 is 1.03 bits per heavy atom. The molecule has 0 spiro atoms. The summed E-state index contributed by atoms with van der Waals surface area (Å²) >= 11 is 0. The van der Waals surface area contributed by atoms with E-state index in [0.717, 1.165) is 35.3 Å². The van der Waals surface area contributed by atoms with Gasteiger partial charge < -0.3 is 24.8 Å². The van der Waals surface area contributed by atoms with Gasteiger partial charge >= 0.3 is 0 Å². The van der Waals surface area contributed by atoms with Crippen LogP contribution < -0.4 is 10.8 Å². The van der Waals surface area contributed by atoms with E-state index >= 15 is 0 Å². The lowest BCUT2D eigenvalue weighted by Gasteiger charge is -2.37. The maximum Gasteiger partial charge on any atom is 0.243 e. The van der Waals surface area contributed by atoms with Gasteiger partial charge in [-0.15, -0.1) is 6.58 Å². The predicted molar refractivity (Wildman–Crippen MR) is 138 cm³/mol. The molecule has 4 N–H and O–H groups in total. The second-order valence-corrected chi connectivity index (χ2v) is 9.27. The number of rotatable bonds is 13. The van der Waals surface area contributed by atoms with Crippen molar-refractivity contribution in [1.29, 1.82) is 0 Å². The van der Waals surface area contributed by atoms with Crippen LogP contribution in [-0.4, -0.2) is 53.3 Å². The molecule has 1 fully saturated rings. The summed E-state index contributed by atoms with van der Waals surface area (Å²) in [5.41, 5.74) is 5.27. The molecule has 0 bridgehead atoms. The maximum absolute atomic E-state index is 12.0. The van der Waals surface area contributed by atoms with Gasteiger partial charge in [-0.1, -0.05) is 54.6 Å². The highest BCUT2D eigenvalue weighted by molar-refractivity contribution is 5.78. The standard InChI is InChI=1S/C28H37N3O6/c1-3-15-31(2)18-24-16-25(22-11-9-21(19-32)10-12-22)37-28(36-24)23-13-7-20(8-14-23)17-29-26(33)5-4-6-27(34)30-35/h3,7-14,24-25,28,32,35H,1,4-6,15-19H2,2H3,(H,29,33)(H,30,34). The highest BCUT2D eigenvalue weighted by Crippen LogP contribution is 2.38. The minimum absolute atomic E-state index is 0.000183. The molecule has 2 amide bonds. The van der Waals surface area contributed by atoms with E-state index in [0.29, 0.717) is 19.4 Å². The first-order valence-electron chi connectivity index (χ1n) is 12.5. The van der Waals surface area contributed by atoms with Crippen LogP contribution in [0.1, 0.15) is 60.3 Å². The van der Waals surface area contributed by atoms with Crippen molar-refractivity contribution in [3.8, 4) is 0 Å². The Bertz CT molecular complexity index is 1010. The average molecular weight is 512 g/mol. The van der Waals surface area contributed by atoms with Crippen molar-refractivity contribution in [3.63, 3.8) is 0 Å². The Kier molecular flexibility index (Phi) is 11.2. The summed E-state index contributed by atoms with van der Waals surface area (Å²) in [5, 5.41) is 20.7. The minimum Gasteiger partial charge on any atom is -0.392 e. The smallest absolute Gasteiger partial charge is 0.243 e. The number of carbonyl (C=O) groups excluding carboxylic acids is 2. The largest absolute Gasteiger partial charge is 0.392 e. The van der Waals surface area contributed by atoms with Crippen molar-refractivity contribution < 1.29 is 29.4 Å². The van der Waals surface area contributed by atoms with Gasteiger partial charge in [-0.3, -0.25) is 14.8 Å². The first-order valence-corrected chi connectivity index (χ1v) is 12.5. The zero-order valence-corrected chi connectivity index (χ0v) is 21.3. The third-order valence-electron chi connectivity index (χ3n) is 6.24. The van der Waals surface area contributed by atoms with E-state index in [1.807, 2.05) is 61.7 Å². The Balaban J connectivity index is 1.62. The average Bonchev–Trinajstić information content (AvgIpc) is 2.92. The first kappa shape index (κ1) is 28.5. The van der Waals surface area contributed by atoms with Crippen LogP contribution in [-0.2, 0) is 32.2 Å². The lowest BCUT2D eigenvalue weighted by molar-refractivity contribution is -0.252. The Labute approximate surface area is 218 Å². The van der Waals surface area contributed by atoms with Gasteiger partial charge in [0.25, 0.3) is 0 Å². The number of hydroxylamine groups is 1. The van der Waals surface area contributed by atoms with Gasteiger partial charge in [-0.05, 0) is 30.2 Å². The van der Waals surface area contributed by atoms with Gasteiger partial charge in [0.1, 0.15) is 0 Å². The van der Waals surface area contributed by atoms with Crippen LogP contribution in [0.5, 0.6) is 0 Å². The molecule has 1 aliphatic rings. The van der Waals surface area contributed by atoms with E-state index in [-0.39, 0.29) is 37.6 Å². The maximum atomic E-state index is 12.0. The molecular weight excluding hydrogens is 474 g/mol. The molecule has 2 aromatic rings. The summed E-state index contributed by atoms with van der Waals surface area (Å²) in [4.78, 5) is 25.2. The lowest BCUT2D eigenvalue weighted by Crippen LogP contribution is -2.37. The van der Waals surface area contributed by atoms with E-state index in [2.05, 4.69) is 16.8 Å². The van der Waals surface area contributed by atoms with Gasteiger partial charge in [0.05, 0.1) is 18.8 Å². The van der Waals surface area contributed by atoms with Crippen LogP contribution in [0.4, 0.5) is 0 Å². The number of amides is 2. The molecule has 3 unspecified atom stereocenters. The fourth-order valence-corrected chi connectivity index (χ4v) is 4.22. The Hall–Kier alpha value is -3.08. The molecule has 9 heteroatoms. The second kappa shape index (κ2) is 14.6. The quantitative estimate of drug-likeness (QED) is 0.185. The monoisotopic (exact) mass is 511 g/mol. The molecule has 0 radical (unpaired) electrons. The number of hydrogen-bond donors (Lipinski definition) is 4. The first-order chi connectivity index (χ1) is 17.9.